The van der Waals surface area contributed by atoms with Crippen molar-refractivity contribution in [3.8, 4) is 0 Å². The van der Waals surface area contributed by atoms with Gasteiger partial charge in [-0.3, -0.25) is 0 Å². The topological polar surface area (TPSA) is 104 Å². The number of carbonyl (C=O) groups is 1. The number of para-hydroxylation sites is 1. The van der Waals surface area contributed by atoms with E-state index in [4.69, 9.17) is 10.2 Å². The number of nitrogens with zero attached hydrogens (tertiary/aromatic N) is 2. The largest absolute Gasteiger partial charge is 0.478 e. The number of anilines is 1. The molecule has 0 aliphatic carbocycles. The molecule has 80 valence electrons. The smallest absolute Gasteiger partial charge is 0.360 e. The molecule has 0 saturated carbocycles. The molecule has 0 fully saturated rings. The van der Waals surface area contributed by atoms with E-state index in [2.05, 4.69) is 0 Å². The number of aliphatic hydroxyl groups is 1. The molecule has 2 N–H and O–H groups in total. The third-order valence-corrected chi connectivity index (χ3v) is 1.65. The van der Waals surface area contributed by atoms with Gasteiger partial charge in [-0.1, -0.05) is 23.2 Å². The minimum absolute atomic E-state index is 0.00241. The van der Waals surface area contributed by atoms with Crippen LogP contribution in [0.3, 0.4) is 0 Å². The summed E-state index contributed by atoms with van der Waals surface area (Å²) < 4.78 is 0. The SMILES string of the molecule is O=C(O)C(O)N(c1ccccc1)[N+](=O)[O-]. The number of rotatable bonds is 4. The number of hydrogen-bond donors (Lipinski definition) is 2. The maximum absolute atomic E-state index is 10.6. The van der Waals surface area contributed by atoms with E-state index in [-0.39, 0.29) is 10.7 Å². The fourth-order valence-electron chi connectivity index (χ4n) is 1.01. The van der Waals surface area contributed by atoms with Crippen molar-refractivity contribution in [1.29, 1.82) is 0 Å². The van der Waals surface area contributed by atoms with Crippen molar-refractivity contribution in [2.24, 2.45) is 0 Å². The molecule has 0 amide bonds. The Balaban J connectivity index is 3.04. The molecular formula is C8H8N2O5. The van der Waals surface area contributed by atoms with Crippen LogP contribution in [0.4, 0.5) is 5.69 Å². The van der Waals surface area contributed by atoms with Gasteiger partial charge in [0.25, 0.3) is 6.23 Å². The summed E-state index contributed by atoms with van der Waals surface area (Å²) in [7, 11) is 0. The molecule has 0 saturated heterocycles. The predicted molar refractivity (Wildman–Crippen MR) is 49.6 cm³/mol. The minimum Gasteiger partial charge on any atom is -0.478 e. The van der Waals surface area contributed by atoms with Crippen LogP contribution in [0.1, 0.15) is 0 Å². The molecule has 0 radical (unpaired) electrons. The number of hydrogen-bond acceptors (Lipinski definition) is 4. The van der Waals surface area contributed by atoms with Crippen molar-refractivity contribution >= 4 is 11.7 Å². The Labute approximate surface area is 84.3 Å². The summed E-state index contributed by atoms with van der Waals surface area (Å²) in [6.07, 6.45) is -2.21. The number of carboxylic acids is 1. The van der Waals surface area contributed by atoms with Crippen molar-refractivity contribution in [3.05, 3.63) is 40.4 Å². The summed E-state index contributed by atoms with van der Waals surface area (Å²) in [4.78, 5) is 21.0. The summed E-state index contributed by atoms with van der Waals surface area (Å²) in [6.45, 7) is 0. The number of aliphatic carboxylic acids is 1. The summed E-state index contributed by atoms with van der Waals surface area (Å²) in [5, 5.41) is 27.3. The Morgan fingerprint density at radius 2 is 1.93 bits per heavy atom. The van der Waals surface area contributed by atoms with Gasteiger partial charge in [-0.05, 0) is 12.1 Å². The molecule has 15 heavy (non-hydrogen) atoms. The van der Waals surface area contributed by atoms with E-state index in [1.54, 1.807) is 6.07 Å². The molecule has 0 aliphatic heterocycles. The van der Waals surface area contributed by atoms with Gasteiger partial charge >= 0.3 is 5.97 Å². The molecule has 7 nitrogen and oxygen atoms in total. The third kappa shape index (κ3) is 2.41. The Bertz CT molecular complexity index is 367. The molecule has 1 rings (SSSR count). The first-order valence-corrected chi connectivity index (χ1v) is 3.93. The second-order valence-corrected chi connectivity index (χ2v) is 2.63. The van der Waals surface area contributed by atoms with E-state index in [1.807, 2.05) is 0 Å². The predicted octanol–water partition coefficient (Wildman–Crippen LogP) is 0.0877. The molecule has 0 spiro atoms. The molecule has 0 bridgehead atoms. The Hall–Kier alpha value is -2.15. The van der Waals surface area contributed by atoms with Crippen molar-refractivity contribution in [1.82, 2.24) is 0 Å². The van der Waals surface area contributed by atoms with E-state index >= 15 is 0 Å². The molecule has 1 aromatic rings. The van der Waals surface area contributed by atoms with Gasteiger partial charge in [0, 0.05) is 0 Å². The molecule has 1 unspecified atom stereocenters. The van der Waals surface area contributed by atoms with Crippen molar-refractivity contribution in [3.63, 3.8) is 0 Å². The Morgan fingerprint density at radius 3 is 2.33 bits per heavy atom. The second kappa shape index (κ2) is 4.38. The summed E-state index contributed by atoms with van der Waals surface area (Å²) >= 11 is 0. The van der Waals surface area contributed by atoms with Gasteiger partial charge < -0.3 is 10.2 Å². The molecule has 1 atom stereocenters. The van der Waals surface area contributed by atoms with Gasteiger partial charge in [0.2, 0.25) is 0 Å². The van der Waals surface area contributed by atoms with Crippen LogP contribution < -0.4 is 5.01 Å². The Morgan fingerprint density at radius 1 is 1.40 bits per heavy atom. The van der Waals surface area contributed by atoms with Crippen LogP contribution >= 0.6 is 0 Å². The lowest BCUT2D eigenvalue weighted by Gasteiger charge is -2.16. The monoisotopic (exact) mass is 212 g/mol. The van der Waals surface area contributed by atoms with Crippen LogP contribution in [0.2, 0.25) is 0 Å². The summed E-state index contributed by atoms with van der Waals surface area (Å²) in [5.41, 5.74) is -0.00241. The van der Waals surface area contributed by atoms with Crippen LogP contribution in [-0.4, -0.2) is 27.4 Å². The fourth-order valence-corrected chi connectivity index (χ4v) is 1.01. The average Bonchev–Trinajstić information content (AvgIpc) is 2.18. The van der Waals surface area contributed by atoms with Gasteiger partial charge in [-0.15, -0.1) is 0 Å². The number of benzene rings is 1. The normalized spacial score (nSPS) is 11.8. The quantitative estimate of drug-likeness (QED) is 0.416. The second-order valence-electron chi connectivity index (χ2n) is 2.63. The summed E-state index contributed by atoms with van der Waals surface area (Å²) in [6, 6.07) is 7.28. The van der Waals surface area contributed by atoms with E-state index < -0.39 is 17.2 Å². The van der Waals surface area contributed by atoms with Gasteiger partial charge in [-0.25, -0.2) is 14.9 Å². The zero-order valence-corrected chi connectivity index (χ0v) is 7.48. The van der Waals surface area contributed by atoms with E-state index in [9.17, 15) is 14.9 Å². The standard InChI is InChI=1S/C8H8N2O5/c11-7(8(12)13)9(10(14)15)6-4-2-1-3-5-6/h1-5,7,11H,(H,12,13). The fraction of sp³-hybridized carbons (Fsp3) is 0.125. The number of nitro groups is 1. The highest BCUT2D eigenvalue weighted by Gasteiger charge is 2.32. The molecule has 1 aromatic carbocycles. The molecular weight excluding hydrogens is 204 g/mol. The maximum atomic E-state index is 10.6. The van der Waals surface area contributed by atoms with Crippen molar-refractivity contribution in [2.75, 3.05) is 5.01 Å². The molecule has 0 aliphatic rings. The molecule has 7 heteroatoms. The van der Waals surface area contributed by atoms with Crippen LogP contribution in [0.15, 0.2) is 30.3 Å². The minimum atomic E-state index is -2.21. The third-order valence-electron chi connectivity index (χ3n) is 1.65. The highest BCUT2D eigenvalue weighted by atomic mass is 16.7. The van der Waals surface area contributed by atoms with Crippen molar-refractivity contribution < 1.29 is 20.0 Å². The zero-order chi connectivity index (χ0) is 11.4. The summed E-state index contributed by atoms with van der Waals surface area (Å²) in [5.74, 6) is -1.68. The first kappa shape index (κ1) is 10.9. The van der Waals surface area contributed by atoms with Gasteiger partial charge in [0.15, 0.2) is 5.03 Å². The highest BCUT2D eigenvalue weighted by Crippen LogP contribution is 2.15. The van der Waals surface area contributed by atoms with Crippen LogP contribution in [0.25, 0.3) is 0 Å². The lowest BCUT2D eigenvalue weighted by atomic mass is 10.3. The number of carboxylic acid groups (broad SMARTS) is 1. The lowest BCUT2D eigenvalue weighted by Crippen LogP contribution is -2.45. The highest BCUT2D eigenvalue weighted by molar-refractivity contribution is 5.75. The first-order valence-electron chi connectivity index (χ1n) is 3.93. The maximum Gasteiger partial charge on any atom is 0.360 e. The van der Waals surface area contributed by atoms with E-state index in [0.717, 1.165) is 0 Å². The van der Waals surface area contributed by atoms with Gasteiger partial charge in [-0.2, -0.15) is 0 Å². The van der Waals surface area contributed by atoms with E-state index in [0.29, 0.717) is 0 Å². The zero-order valence-electron chi connectivity index (χ0n) is 7.48. The molecule has 0 heterocycles. The number of hydrazine groups is 1. The van der Waals surface area contributed by atoms with E-state index in [1.165, 1.54) is 24.3 Å². The van der Waals surface area contributed by atoms with Crippen LogP contribution in [0, 0.1) is 10.1 Å². The number of aliphatic hydroxyl groups excluding tert-OH is 1. The van der Waals surface area contributed by atoms with Gasteiger partial charge in [0.05, 0.1) is 0 Å². The van der Waals surface area contributed by atoms with Gasteiger partial charge in [0.1, 0.15) is 5.69 Å². The van der Waals surface area contributed by atoms with Crippen LogP contribution in [0.5, 0.6) is 0 Å². The van der Waals surface area contributed by atoms with Crippen LogP contribution in [-0.2, 0) is 4.79 Å². The Kier molecular flexibility index (Phi) is 3.19. The van der Waals surface area contributed by atoms with Crippen molar-refractivity contribution in [2.45, 2.75) is 6.23 Å². The lowest BCUT2D eigenvalue weighted by molar-refractivity contribution is -0.506. The molecule has 0 aromatic heterocycles. The first-order chi connectivity index (χ1) is 7.04. The average molecular weight is 212 g/mol.